The second-order valence-corrected chi connectivity index (χ2v) is 16.3. The Kier molecular flexibility index (Phi) is 10.7. The molecule has 6 atom stereocenters. The van der Waals surface area contributed by atoms with Crippen molar-refractivity contribution in [3.05, 3.63) is 70.3 Å². The average Bonchev–Trinajstić information content (AvgIpc) is 3.03. The topological polar surface area (TPSA) is 96.0 Å². The lowest BCUT2D eigenvalue weighted by atomic mass is 9.65. The van der Waals surface area contributed by atoms with Crippen LogP contribution in [0.1, 0.15) is 74.4 Å². The minimum Gasteiger partial charge on any atom is -0.487 e. The van der Waals surface area contributed by atoms with Crippen LogP contribution in [-0.2, 0) is 27.8 Å². The largest absolute Gasteiger partial charge is 0.487 e. The van der Waals surface area contributed by atoms with Gasteiger partial charge in [-0.2, -0.15) is 0 Å². The standard InChI is InChI=1S/C36H48ClN3O5S/c1-23-16-26(18-35(41)39(4)5)9-10-28-17-24(2)32(28)21-40-15-7-6-8-27-19-31(37)13-11-30(27)22-45-34-14-12-29(20-33(34)40)36(42)38-46(43,44)25(23)3/h9-14,19-20,23-26,28,32H,6-8,15-18,21-22H2,1-5H3,(H,38,42)/b10-9+/t23-,24+,25+,26+,28+,32+/m0/s1. The molecule has 2 heterocycles. The van der Waals surface area contributed by atoms with E-state index in [9.17, 15) is 18.0 Å². The molecule has 1 aliphatic carbocycles. The molecule has 8 nitrogen and oxygen atoms in total. The van der Waals surface area contributed by atoms with E-state index in [1.165, 1.54) is 5.56 Å². The summed E-state index contributed by atoms with van der Waals surface area (Å²) in [4.78, 5) is 30.2. The van der Waals surface area contributed by atoms with E-state index >= 15 is 0 Å². The van der Waals surface area contributed by atoms with Crippen molar-refractivity contribution in [2.75, 3.05) is 32.1 Å². The van der Waals surface area contributed by atoms with Crippen molar-refractivity contribution in [3.63, 3.8) is 0 Å². The van der Waals surface area contributed by atoms with E-state index in [0.29, 0.717) is 48.0 Å². The van der Waals surface area contributed by atoms with E-state index in [4.69, 9.17) is 16.3 Å². The number of halogens is 1. The van der Waals surface area contributed by atoms with Crippen molar-refractivity contribution in [3.8, 4) is 5.75 Å². The molecule has 2 bridgehead atoms. The highest BCUT2D eigenvalue weighted by Gasteiger charge is 2.38. The molecule has 5 rings (SSSR count). The minimum absolute atomic E-state index is 0.0116. The Bertz CT molecular complexity index is 1580. The number of amides is 2. The van der Waals surface area contributed by atoms with Gasteiger partial charge in [-0.1, -0.05) is 43.7 Å². The van der Waals surface area contributed by atoms with Crippen LogP contribution in [0.3, 0.4) is 0 Å². The monoisotopic (exact) mass is 669 g/mol. The fourth-order valence-electron chi connectivity index (χ4n) is 7.07. The summed E-state index contributed by atoms with van der Waals surface area (Å²) in [7, 11) is -0.508. The SMILES string of the molecule is C[C@@H]1C[C@H]2/C=C/[C@@H](CC(=O)N(C)C)C[C@H](C)[C@@H](C)S(=O)(=O)NC(=O)c3ccc4c(c3)N(CCCCc3cc(Cl)ccc3CO4)C[C@H]12. The molecule has 1 saturated carbocycles. The van der Waals surface area contributed by atoms with Gasteiger partial charge in [0.15, 0.2) is 0 Å². The van der Waals surface area contributed by atoms with Gasteiger partial charge in [0.25, 0.3) is 5.91 Å². The molecule has 0 aromatic heterocycles. The van der Waals surface area contributed by atoms with Gasteiger partial charge in [-0.05, 0) is 110 Å². The van der Waals surface area contributed by atoms with Crippen molar-refractivity contribution in [2.45, 2.75) is 71.2 Å². The first-order valence-corrected chi connectivity index (χ1v) is 18.5. The Balaban J connectivity index is 1.54. The van der Waals surface area contributed by atoms with Crippen LogP contribution in [0.15, 0.2) is 48.6 Å². The van der Waals surface area contributed by atoms with Crippen LogP contribution in [0.4, 0.5) is 5.69 Å². The maximum Gasteiger partial charge on any atom is 0.264 e. The Labute approximate surface area is 279 Å². The number of sulfonamides is 1. The normalized spacial score (nSPS) is 29.0. The molecule has 0 unspecified atom stereocenters. The van der Waals surface area contributed by atoms with Crippen LogP contribution in [0, 0.1) is 29.6 Å². The second-order valence-electron chi connectivity index (χ2n) is 13.9. The molecule has 0 radical (unpaired) electrons. The summed E-state index contributed by atoms with van der Waals surface area (Å²) in [6.07, 6.45) is 9.12. The first-order valence-electron chi connectivity index (χ1n) is 16.6. The summed E-state index contributed by atoms with van der Waals surface area (Å²) in [6, 6.07) is 11.1. The summed E-state index contributed by atoms with van der Waals surface area (Å²) in [6.45, 7) is 7.73. The Morgan fingerprint density at radius 3 is 2.54 bits per heavy atom. The average molecular weight is 670 g/mol. The number of carbonyl (C=O) groups excluding carboxylic acids is 2. The summed E-state index contributed by atoms with van der Waals surface area (Å²) >= 11 is 6.34. The Morgan fingerprint density at radius 2 is 1.80 bits per heavy atom. The number of aryl methyl sites for hydroxylation is 1. The fraction of sp³-hybridized carbons (Fsp3) is 0.556. The van der Waals surface area contributed by atoms with Gasteiger partial charge in [0.05, 0.1) is 10.9 Å². The zero-order valence-electron chi connectivity index (χ0n) is 27.7. The van der Waals surface area contributed by atoms with Crippen molar-refractivity contribution in [1.82, 2.24) is 9.62 Å². The molecule has 2 aromatic rings. The molecule has 250 valence electrons. The highest BCUT2D eigenvalue weighted by atomic mass is 35.5. The van der Waals surface area contributed by atoms with E-state index in [2.05, 4.69) is 28.7 Å². The number of fused-ring (bicyclic) bond motifs is 3. The molecular weight excluding hydrogens is 622 g/mol. The van der Waals surface area contributed by atoms with Gasteiger partial charge >= 0.3 is 0 Å². The third kappa shape index (κ3) is 7.91. The van der Waals surface area contributed by atoms with E-state index in [1.54, 1.807) is 44.1 Å². The molecule has 2 amide bonds. The zero-order chi connectivity index (χ0) is 33.2. The van der Waals surface area contributed by atoms with Crippen LogP contribution < -0.4 is 14.4 Å². The molecule has 2 aromatic carbocycles. The lowest BCUT2D eigenvalue weighted by Gasteiger charge is -2.45. The van der Waals surface area contributed by atoms with Gasteiger partial charge in [-0.3, -0.25) is 9.59 Å². The quantitative estimate of drug-likeness (QED) is 0.368. The molecule has 46 heavy (non-hydrogen) atoms. The summed E-state index contributed by atoms with van der Waals surface area (Å²) < 4.78 is 35.8. The summed E-state index contributed by atoms with van der Waals surface area (Å²) in [5.41, 5.74) is 3.33. The van der Waals surface area contributed by atoms with Gasteiger partial charge in [0.1, 0.15) is 12.4 Å². The number of rotatable bonds is 2. The van der Waals surface area contributed by atoms with E-state index in [1.807, 2.05) is 25.1 Å². The first kappa shape index (κ1) is 34.3. The Hall–Kier alpha value is -3.04. The number of nitrogens with zero attached hydrogens (tertiary/aromatic N) is 2. The van der Waals surface area contributed by atoms with Crippen LogP contribution in [-0.4, -0.2) is 57.6 Å². The molecule has 2 aliphatic heterocycles. The van der Waals surface area contributed by atoms with Crippen molar-refractivity contribution < 1.29 is 22.7 Å². The highest BCUT2D eigenvalue weighted by Crippen LogP contribution is 2.44. The van der Waals surface area contributed by atoms with E-state index in [-0.39, 0.29) is 23.3 Å². The molecule has 10 heteroatoms. The maximum atomic E-state index is 13.5. The van der Waals surface area contributed by atoms with Crippen molar-refractivity contribution >= 4 is 39.1 Å². The van der Waals surface area contributed by atoms with Crippen LogP contribution >= 0.6 is 11.6 Å². The lowest BCUT2D eigenvalue weighted by Crippen LogP contribution is -2.44. The third-order valence-corrected chi connectivity index (χ3v) is 12.5. The summed E-state index contributed by atoms with van der Waals surface area (Å²) in [5, 5.41) is -0.125. The van der Waals surface area contributed by atoms with Crippen molar-refractivity contribution in [2.24, 2.45) is 29.6 Å². The number of nitrogens with one attached hydrogen (secondary N) is 1. The van der Waals surface area contributed by atoms with Gasteiger partial charge < -0.3 is 14.5 Å². The van der Waals surface area contributed by atoms with Gasteiger partial charge in [0.2, 0.25) is 15.9 Å². The number of carbonyl (C=O) groups is 2. The molecule has 1 fully saturated rings. The Morgan fingerprint density at radius 1 is 1.02 bits per heavy atom. The van der Waals surface area contributed by atoms with Crippen LogP contribution in [0.2, 0.25) is 5.02 Å². The zero-order valence-corrected chi connectivity index (χ0v) is 29.2. The van der Waals surface area contributed by atoms with Crippen LogP contribution in [0.25, 0.3) is 0 Å². The number of allylic oxidation sites excluding steroid dienone is 2. The number of ether oxygens (including phenoxy) is 1. The fourth-order valence-corrected chi connectivity index (χ4v) is 8.55. The lowest BCUT2D eigenvalue weighted by molar-refractivity contribution is -0.129. The maximum absolute atomic E-state index is 13.5. The number of anilines is 1. The number of hydrogen-bond donors (Lipinski definition) is 1. The van der Waals surface area contributed by atoms with Crippen molar-refractivity contribution in [1.29, 1.82) is 0 Å². The summed E-state index contributed by atoms with van der Waals surface area (Å²) in [5.74, 6) is 0.868. The molecule has 3 aliphatic rings. The first-order chi connectivity index (χ1) is 21.8. The smallest absolute Gasteiger partial charge is 0.264 e. The molecule has 1 N–H and O–H groups in total. The number of benzene rings is 2. The predicted octanol–water partition coefficient (Wildman–Crippen LogP) is 6.47. The second kappa shape index (κ2) is 14.4. The predicted molar refractivity (Wildman–Crippen MR) is 184 cm³/mol. The highest BCUT2D eigenvalue weighted by molar-refractivity contribution is 7.90. The molecule has 0 saturated heterocycles. The van der Waals surface area contributed by atoms with E-state index < -0.39 is 21.2 Å². The molecule has 0 spiro atoms. The third-order valence-electron chi connectivity index (χ3n) is 10.4. The van der Waals surface area contributed by atoms with E-state index in [0.717, 1.165) is 50.0 Å². The van der Waals surface area contributed by atoms with Gasteiger partial charge in [0, 0.05) is 44.2 Å². The van der Waals surface area contributed by atoms with Gasteiger partial charge in [-0.25, -0.2) is 13.1 Å². The number of hydrogen-bond acceptors (Lipinski definition) is 6. The minimum atomic E-state index is -3.99. The van der Waals surface area contributed by atoms with Crippen LogP contribution in [0.5, 0.6) is 5.75 Å². The molecular formula is C36H48ClN3O5S. The van der Waals surface area contributed by atoms with Gasteiger partial charge in [-0.15, -0.1) is 0 Å².